The zero-order valence-corrected chi connectivity index (χ0v) is 15.0. The molecule has 2 rings (SSSR count). The molecule has 1 N–H and O–H groups in total. The molecule has 0 bridgehead atoms. The number of carbonyl (C=O) groups is 2. The molecule has 7 nitrogen and oxygen atoms in total. The molecule has 0 radical (unpaired) electrons. The Morgan fingerprint density at radius 2 is 2.00 bits per heavy atom. The summed E-state index contributed by atoms with van der Waals surface area (Å²) >= 11 is 0. The summed E-state index contributed by atoms with van der Waals surface area (Å²) in [5.74, 6) is 0.385. The first kappa shape index (κ1) is 18.3. The normalized spacial score (nSPS) is 17.0. The van der Waals surface area contributed by atoms with Gasteiger partial charge in [-0.05, 0) is 32.1 Å². The minimum absolute atomic E-state index is 0.0690. The fourth-order valence-corrected chi connectivity index (χ4v) is 2.97. The quantitative estimate of drug-likeness (QED) is 0.894. The van der Waals surface area contributed by atoms with Gasteiger partial charge in [-0.25, -0.2) is 4.79 Å². The molecule has 7 heteroatoms. The van der Waals surface area contributed by atoms with Gasteiger partial charge >= 0.3 is 6.09 Å². The minimum Gasteiger partial charge on any atom is -0.446 e. The second-order valence-electron chi connectivity index (χ2n) is 6.96. The number of hydrogen-bond donors (Lipinski definition) is 1. The Morgan fingerprint density at radius 3 is 2.54 bits per heavy atom. The molecule has 24 heavy (non-hydrogen) atoms. The highest BCUT2D eigenvalue weighted by atomic mass is 16.6. The topological polar surface area (TPSA) is 76.5 Å². The van der Waals surface area contributed by atoms with Crippen molar-refractivity contribution in [2.75, 3.05) is 13.1 Å². The summed E-state index contributed by atoms with van der Waals surface area (Å²) in [5, 5.41) is 7.00. The molecule has 1 saturated heterocycles. The molecule has 1 unspecified atom stereocenters. The van der Waals surface area contributed by atoms with E-state index in [0.717, 1.165) is 19.3 Å². The number of aromatic nitrogens is 2. The van der Waals surface area contributed by atoms with E-state index in [1.54, 1.807) is 29.0 Å². The first-order chi connectivity index (χ1) is 11.3. The van der Waals surface area contributed by atoms with Crippen molar-refractivity contribution < 1.29 is 14.3 Å². The minimum atomic E-state index is -0.250. The van der Waals surface area contributed by atoms with Crippen LogP contribution < -0.4 is 5.32 Å². The van der Waals surface area contributed by atoms with Gasteiger partial charge in [0.25, 0.3) is 5.91 Å². The number of aryl methyl sites for hydroxylation is 1. The first-order valence-corrected chi connectivity index (χ1v) is 8.60. The summed E-state index contributed by atoms with van der Waals surface area (Å²) in [6, 6.07) is 0.0786. The van der Waals surface area contributed by atoms with Gasteiger partial charge in [0, 0.05) is 32.4 Å². The Balaban J connectivity index is 1.74. The average molecular weight is 336 g/mol. The van der Waals surface area contributed by atoms with Crippen LogP contribution in [0.1, 0.15) is 50.4 Å². The van der Waals surface area contributed by atoms with Crippen molar-refractivity contribution in [3.8, 4) is 0 Å². The van der Waals surface area contributed by atoms with Gasteiger partial charge in [0.1, 0.15) is 6.10 Å². The van der Waals surface area contributed by atoms with Crippen molar-refractivity contribution in [3.05, 3.63) is 18.0 Å². The van der Waals surface area contributed by atoms with E-state index in [2.05, 4.69) is 24.3 Å². The van der Waals surface area contributed by atoms with Crippen LogP contribution in [-0.4, -0.2) is 51.9 Å². The van der Waals surface area contributed by atoms with Gasteiger partial charge in [-0.2, -0.15) is 5.10 Å². The zero-order valence-electron chi connectivity index (χ0n) is 15.0. The molecular formula is C17H28N4O3. The second-order valence-corrected chi connectivity index (χ2v) is 6.96. The molecule has 134 valence electrons. The summed E-state index contributed by atoms with van der Waals surface area (Å²) in [6.45, 7) is 7.36. The fourth-order valence-electron chi connectivity index (χ4n) is 2.97. The van der Waals surface area contributed by atoms with Gasteiger partial charge in [0.15, 0.2) is 0 Å². The van der Waals surface area contributed by atoms with E-state index in [1.165, 1.54) is 0 Å². The molecule has 0 aliphatic carbocycles. The van der Waals surface area contributed by atoms with Gasteiger partial charge in [-0.3, -0.25) is 9.48 Å². The lowest BCUT2D eigenvalue weighted by atomic mass is 10.0. The molecule has 1 fully saturated rings. The van der Waals surface area contributed by atoms with Crippen LogP contribution in [0.5, 0.6) is 0 Å². The smallest absolute Gasteiger partial charge is 0.410 e. The Bertz CT molecular complexity index is 562. The van der Waals surface area contributed by atoms with Crippen molar-refractivity contribution in [2.45, 2.75) is 52.2 Å². The molecule has 0 spiro atoms. The highest BCUT2D eigenvalue weighted by Gasteiger charge is 2.26. The van der Waals surface area contributed by atoms with Gasteiger partial charge in [0.2, 0.25) is 0 Å². The van der Waals surface area contributed by atoms with E-state index in [-0.39, 0.29) is 24.1 Å². The molecule has 2 heterocycles. The summed E-state index contributed by atoms with van der Waals surface area (Å²) in [5.41, 5.74) is 0.557. The molecule has 1 aromatic heterocycles. The van der Waals surface area contributed by atoms with E-state index in [0.29, 0.717) is 24.6 Å². The monoisotopic (exact) mass is 336 g/mol. The van der Waals surface area contributed by atoms with Gasteiger partial charge < -0.3 is 15.0 Å². The lowest BCUT2D eigenvalue weighted by Crippen LogP contribution is -2.47. The van der Waals surface area contributed by atoms with Crippen LogP contribution in [0, 0.1) is 5.92 Å². The van der Waals surface area contributed by atoms with Crippen LogP contribution in [0.25, 0.3) is 0 Å². The third kappa shape index (κ3) is 5.25. The highest BCUT2D eigenvalue weighted by molar-refractivity contribution is 5.93. The number of piperidine rings is 1. The van der Waals surface area contributed by atoms with E-state index in [9.17, 15) is 9.59 Å². The average Bonchev–Trinajstić information content (AvgIpc) is 2.93. The molecule has 0 saturated carbocycles. The van der Waals surface area contributed by atoms with Crippen molar-refractivity contribution in [2.24, 2.45) is 13.0 Å². The summed E-state index contributed by atoms with van der Waals surface area (Å²) in [4.78, 5) is 26.0. The Kier molecular flexibility index (Phi) is 6.23. The summed E-state index contributed by atoms with van der Waals surface area (Å²) < 4.78 is 7.08. The highest BCUT2D eigenvalue weighted by Crippen LogP contribution is 2.15. The van der Waals surface area contributed by atoms with Gasteiger partial charge in [-0.1, -0.05) is 13.8 Å². The molecule has 1 atom stereocenters. The number of nitrogens with one attached hydrogen (secondary N) is 1. The van der Waals surface area contributed by atoms with Crippen LogP contribution in [0.4, 0.5) is 4.79 Å². The SMILES string of the molecule is CC(C)CC(C)OC(=O)N1CCC(NC(=O)c2cnn(C)c2)CC1. The predicted molar refractivity (Wildman–Crippen MR) is 90.7 cm³/mol. The van der Waals surface area contributed by atoms with Crippen LogP contribution >= 0.6 is 0 Å². The summed E-state index contributed by atoms with van der Waals surface area (Å²) in [7, 11) is 1.78. The number of likely N-dealkylation sites (tertiary alicyclic amines) is 1. The Labute approximate surface area is 143 Å². The molecule has 2 amide bonds. The lowest BCUT2D eigenvalue weighted by molar-refractivity contribution is 0.0537. The van der Waals surface area contributed by atoms with E-state index in [4.69, 9.17) is 4.74 Å². The van der Waals surface area contributed by atoms with Crippen molar-refractivity contribution in [1.82, 2.24) is 20.0 Å². The number of ether oxygens (including phenoxy) is 1. The molecule has 1 aromatic rings. The van der Waals surface area contributed by atoms with Crippen LogP contribution in [0.2, 0.25) is 0 Å². The first-order valence-electron chi connectivity index (χ1n) is 8.60. The maximum atomic E-state index is 12.1. The molecule has 1 aliphatic heterocycles. The van der Waals surface area contributed by atoms with Crippen LogP contribution in [0.3, 0.4) is 0 Å². The third-order valence-corrected chi connectivity index (χ3v) is 4.16. The molecule has 0 aromatic carbocycles. The second kappa shape index (κ2) is 8.17. The number of amides is 2. The Hall–Kier alpha value is -2.05. The van der Waals surface area contributed by atoms with Crippen LogP contribution in [-0.2, 0) is 11.8 Å². The van der Waals surface area contributed by atoms with Gasteiger partial charge in [-0.15, -0.1) is 0 Å². The maximum absolute atomic E-state index is 12.1. The van der Waals surface area contributed by atoms with Crippen LogP contribution in [0.15, 0.2) is 12.4 Å². The van der Waals surface area contributed by atoms with Gasteiger partial charge in [0.05, 0.1) is 11.8 Å². The van der Waals surface area contributed by atoms with Crippen molar-refractivity contribution in [1.29, 1.82) is 0 Å². The number of rotatable bonds is 5. The largest absolute Gasteiger partial charge is 0.446 e. The number of hydrogen-bond acceptors (Lipinski definition) is 4. The van der Waals surface area contributed by atoms with Crippen molar-refractivity contribution in [3.63, 3.8) is 0 Å². The standard InChI is InChI=1S/C17H28N4O3/c1-12(2)9-13(3)24-17(23)21-7-5-15(6-8-21)19-16(22)14-10-18-20(4)11-14/h10-13,15H,5-9H2,1-4H3,(H,19,22). The summed E-state index contributed by atoms with van der Waals surface area (Å²) in [6.07, 6.45) is 5.26. The third-order valence-electron chi connectivity index (χ3n) is 4.16. The number of nitrogens with zero attached hydrogens (tertiary/aromatic N) is 3. The molecule has 1 aliphatic rings. The number of carbonyl (C=O) groups excluding carboxylic acids is 2. The lowest BCUT2D eigenvalue weighted by Gasteiger charge is -2.32. The van der Waals surface area contributed by atoms with E-state index < -0.39 is 0 Å². The maximum Gasteiger partial charge on any atom is 0.410 e. The fraction of sp³-hybridized carbons (Fsp3) is 0.706. The zero-order chi connectivity index (χ0) is 17.7. The van der Waals surface area contributed by atoms with E-state index >= 15 is 0 Å². The Morgan fingerprint density at radius 1 is 1.33 bits per heavy atom. The predicted octanol–water partition coefficient (Wildman–Crippen LogP) is 2.19. The van der Waals surface area contributed by atoms with E-state index in [1.807, 2.05) is 6.92 Å². The molecular weight excluding hydrogens is 308 g/mol. The van der Waals surface area contributed by atoms with Crippen molar-refractivity contribution >= 4 is 12.0 Å².